The number of hydrogen-bond acceptors (Lipinski definition) is 3. The van der Waals surface area contributed by atoms with Gasteiger partial charge in [0, 0.05) is 58.8 Å². The van der Waals surface area contributed by atoms with Crippen LogP contribution in [0.1, 0.15) is 18.9 Å². The van der Waals surface area contributed by atoms with Gasteiger partial charge in [0.15, 0.2) is 0 Å². The van der Waals surface area contributed by atoms with Crippen LogP contribution in [-0.2, 0) is 0 Å². The maximum atomic E-state index is 5.46. The third-order valence-electron chi connectivity index (χ3n) is 11.8. The first-order valence-corrected chi connectivity index (χ1v) is 20.0. The lowest BCUT2D eigenvalue weighted by Crippen LogP contribution is -2.40. The first-order valence-electron chi connectivity index (χ1n) is 19.2. The van der Waals surface area contributed by atoms with Gasteiger partial charge in [0.1, 0.15) is 0 Å². The van der Waals surface area contributed by atoms with Gasteiger partial charge >= 0.3 is 0 Å². The van der Waals surface area contributed by atoms with Gasteiger partial charge in [-0.3, -0.25) is 4.57 Å². The lowest BCUT2D eigenvalue weighted by atomic mass is 9.86. The molecular weight excluding hydrogens is 701 g/mol. The Kier molecular flexibility index (Phi) is 6.73. The van der Waals surface area contributed by atoms with Crippen molar-refractivity contribution in [2.45, 2.75) is 23.0 Å². The van der Waals surface area contributed by atoms with E-state index in [0.717, 1.165) is 45.3 Å². The van der Waals surface area contributed by atoms with Crippen molar-refractivity contribution in [3.05, 3.63) is 186 Å². The zero-order valence-electron chi connectivity index (χ0n) is 30.6. The zero-order chi connectivity index (χ0) is 37.0. The summed E-state index contributed by atoms with van der Waals surface area (Å²) in [5.74, 6) is 0.681. The van der Waals surface area contributed by atoms with Crippen LogP contribution in [0.4, 0.5) is 0 Å². The number of benzene rings is 7. The Bertz CT molecular complexity index is 3360. The Morgan fingerprint density at radius 1 is 0.536 bits per heavy atom. The molecule has 10 aromatic rings. The summed E-state index contributed by atoms with van der Waals surface area (Å²) < 4.78 is 4.69. The highest BCUT2D eigenvalue weighted by Gasteiger charge is 2.43. The van der Waals surface area contributed by atoms with Crippen LogP contribution in [0.25, 0.3) is 89.3 Å². The van der Waals surface area contributed by atoms with E-state index in [1.807, 2.05) is 11.8 Å². The number of nitrogens with zero attached hydrogens (tertiary/aromatic N) is 4. The Labute approximate surface area is 327 Å². The minimum absolute atomic E-state index is 0.180. The molecule has 1 unspecified atom stereocenters. The average Bonchev–Trinajstić information content (AvgIpc) is 3.88. The highest BCUT2D eigenvalue weighted by Crippen LogP contribution is 2.57. The van der Waals surface area contributed by atoms with Crippen molar-refractivity contribution >= 4 is 67.0 Å². The molecule has 4 heterocycles. The van der Waals surface area contributed by atoms with E-state index in [4.69, 9.17) is 9.97 Å². The highest BCUT2D eigenvalue weighted by atomic mass is 32.2. The lowest BCUT2D eigenvalue weighted by Gasteiger charge is -2.27. The van der Waals surface area contributed by atoms with Crippen molar-refractivity contribution in [2.75, 3.05) is 0 Å². The summed E-state index contributed by atoms with van der Waals surface area (Å²) in [4.78, 5) is 12.1. The van der Waals surface area contributed by atoms with E-state index in [9.17, 15) is 0 Å². The molecule has 56 heavy (non-hydrogen) atoms. The Morgan fingerprint density at radius 2 is 1.16 bits per heavy atom. The van der Waals surface area contributed by atoms with E-state index < -0.39 is 0 Å². The van der Waals surface area contributed by atoms with Gasteiger partial charge in [0.05, 0.1) is 33.1 Å². The molecule has 0 bridgehead atoms. The molecule has 1 aliphatic carbocycles. The van der Waals surface area contributed by atoms with Crippen LogP contribution in [0.5, 0.6) is 0 Å². The quantitative estimate of drug-likeness (QED) is 0.181. The normalized spacial score (nSPS) is 16.0. The van der Waals surface area contributed by atoms with Crippen molar-refractivity contribution in [1.29, 1.82) is 0 Å². The number of fused-ring (bicyclic) bond motifs is 11. The molecular formula is C51H34N4S. The maximum Gasteiger partial charge on any atom is 0.235 e. The predicted molar refractivity (Wildman–Crippen MR) is 233 cm³/mol. The predicted octanol–water partition coefficient (Wildman–Crippen LogP) is 11.3. The van der Waals surface area contributed by atoms with E-state index in [1.165, 1.54) is 59.4 Å². The summed E-state index contributed by atoms with van der Waals surface area (Å²) in [5, 5.41) is 7.30. The molecule has 0 N–H and O–H groups in total. The van der Waals surface area contributed by atoms with Crippen molar-refractivity contribution in [3.63, 3.8) is 0 Å². The largest absolute Gasteiger partial charge is 0.309 e. The van der Waals surface area contributed by atoms with Crippen LogP contribution in [0, 0.1) is 0 Å². The molecule has 1 aliphatic heterocycles. The molecule has 0 saturated heterocycles. The topological polar surface area (TPSA) is 35.6 Å². The van der Waals surface area contributed by atoms with Gasteiger partial charge in [-0.15, -0.1) is 11.8 Å². The molecule has 2 aliphatic rings. The number of thioether (sulfide) groups is 1. The first-order chi connectivity index (χ1) is 27.6. The smallest absolute Gasteiger partial charge is 0.235 e. The average molecular weight is 735 g/mol. The van der Waals surface area contributed by atoms with Crippen molar-refractivity contribution in [3.8, 4) is 34.0 Å². The molecule has 264 valence electrons. The molecule has 0 amide bonds. The molecule has 0 spiro atoms. The van der Waals surface area contributed by atoms with Gasteiger partial charge in [0.25, 0.3) is 0 Å². The van der Waals surface area contributed by atoms with Gasteiger partial charge < -0.3 is 4.57 Å². The highest BCUT2D eigenvalue weighted by molar-refractivity contribution is 8.01. The molecule has 0 radical (unpaired) electrons. The van der Waals surface area contributed by atoms with Crippen molar-refractivity contribution in [2.24, 2.45) is 0 Å². The number of aromatic nitrogens is 4. The Morgan fingerprint density at radius 3 is 1.93 bits per heavy atom. The van der Waals surface area contributed by atoms with E-state index in [0.29, 0.717) is 5.95 Å². The molecule has 12 rings (SSSR count). The van der Waals surface area contributed by atoms with E-state index >= 15 is 0 Å². The first kappa shape index (κ1) is 31.6. The number of rotatable bonds is 4. The second-order valence-corrected chi connectivity index (χ2v) is 16.6. The summed E-state index contributed by atoms with van der Waals surface area (Å²) in [6.07, 6.45) is 3.42. The minimum Gasteiger partial charge on any atom is -0.309 e. The van der Waals surface area contributed by atoms with Gasteiger partial charge in [-0.25, -0.2) is 9.97 Å². The van der Waals surface area contributed by atoms with E-state index in [-0.39, 0.29) is 4.75 Å². The molecule has 3 aromatic heterocycles. The molecule has 0 saturated carbocycles. The minimum atomic E-state index is -0.180. The van der Waals surface area contributed by atoms with Crippen molar-refractivity contribution < 1.29 is 0 Å². The maximum absolute atomic E-state index is 5.46. The number of hydrogen-bond donors (Lipinski definition) is 0. The third kappa shape index (κ3) is 4.49. The van der Waals surface area contributed by atoms with Gasteiger partial charge in [-0.1, -0.05) is 140 Å². The van der Waals surface area contributed by atoms with Crippen LogP contribution in [-0.4, -0.2) is 23.8 Å². The summed E-state index contributed by atoms with van der Waals surface area (Å²) in [7, 11) is 0. The SMILES string of the molecule is CC12CC=c3c(n(-c4ccc(-c5ccccc5)cc4)c4ccccc34)=C1c1c(ccc3c4ccccc4n(-c4nc(-c5ccccc5)c5ccccc5n4)c13)S2. The van der Waals surface area contributed by atoms with Gasteiger partial charge in [0.2, 0.25) is 5.95 Å². The van der Waals surface area contributed by atoms with Crippen molar-refractivity contribution in [1.82, 2.24) is 19.1 Å². The third-order valence-corrected chi connectivity index (χ3v) is 13.2. The molecule has 4 nitrogen and oxygen atoms in total. The second kappa shape index (κ2) is 11.9. The Hall–Kier alpha value is -6.69. The molecule has 1 atom stereocenters. The Balaban J connectivity index is 1.22. The van der Waals surface area contributed by atoms with Crippen LogP contribution in [0.2, 0.25) is 0 Å². The van der Waals surface area contributed by atoms with Crippen LogP contribution in [0.3, 0.4) is 0 Å². The summed E-state index contributed by atoms with van der Waals surface area (Å²) in [6.45, 7) is 2.44. The van der Waals surface area contributed by atoms with Gasteiger partial charge in [-0.2, -0.15) is 0 Å². The fraction of sp³-hybridized carbons (Fsp3) is 0.0588. The molecule has 5 heteroatoms. The fourth-order valence-electron chi connectivity index (χ4n) is 9.34. The molecule has 7 aromatic carbocycles. The standard InChI is InChI=1S/C51H34N4S/c1-51-31-30-39-37-19-9-12-22-42(37)54(35-26-24-33(25-27-35)32-14-4-2-5-15-32)49(39)46(51)45-44(56-51)29-28-38-36-18-10-13-23-43(36)55(48(38)45)50-52-41-21-11-8-20-40(41)47(53-50)34-16-6-3-7-17-34/h2-30H,31H2,1H3. The fourth-order valence-corrected chi connectivity index (χ4v) is 10.7. The number of para-hydroxylation sites is 3. The van der Waals surface area contributed by atoms with Gasteiger partial charge in [-0.05, 0) is 60.9 Å². The second-order valence-electron chi connectivity index (χ2n) is 15.1. The molecule has 0 fully saturated rings. The summed E-state index contributed by atoms with van der Waals surface area (Å²) in [5.41, 5.74) is 12.7. The lowest BCUT2D eigenvalue weighted by molar-refractivity contribution is 0.834. The monoisotopic (exact) mass is 734 g/mol. The van der Waals surface area contributed by atoms with Crippen LogP contribution in [0.15, 0.2) is 175 Å². The summed E-state index contributed by atoms with van der Waals surface area (Å²) in [6, 6.07) is 61.0. The van der Waals surface area contributed by atoms with Crippen LogP contribution >= 0.6 is 11.8 Å². The summed E-state index contributed by atoms with van der Waals surface area (Å²) >= 11 is 1.99. The van der Waals surface area contributed by atoms with E-state index in [1.54, 1.807) is 0 Å². The zero-order valence-corrected chi connectivity index (χ0v) is 31.5. The van der Waals surface area contributed by atoms with E-state index in [2.05, 4.69) is 192 Å². The van der Waals surface area contributed by atoms with Crippen LogP contribution < -0.4 is 10.6 Å².